The van der Waals surface area contributed by atoms with E-state index < -0.39 is 0 Å². The molecule has 2 aromatic rings. The minimum absolute atomic E-state index is 0.117. The smallest absolute Gasteiger partial charge is 0.150 e. The Kier molecular flexibility index (Phi) is 5.09. The summed E-state index contributed by atoms with van der Waals surface area (Å²) in [6.45, 7) is 9.94. The predicted molar refractivity (Wildman–Crippen MR) is 93.4 cm³/mol. The monoisotopic (exact) mass is 312 g/mol. The summed E-state index contributed by atoms with van der Waals surface area (Å²) < 4.78 is 11.7. The average Bonchev–Trinajstić information content (AvgIpc) is 2.44. The fourth-order valence-corrected chi connectivity index (χ4v) is 2.29. The van der Waals surface area contributed by atoms with Gasteiger partial charge < -0.3 is 9.47 Å². The molecule has 122 valence electrons. The zero-order valence-electron chi connectivity index (χ0n) is 14.4. The molecule has 3 heteroatoms. The zero-order chi connectivity index (χ0) is 17.0. The van der Waals surface area contributed by atoms with E-state index in [0.717, 1.165) is 23.2 Å². The van der Waals surface area contributed by atoms with Crippen molar-refractivity contribution in [2.24, 2.45) is 0 Å². The molecule has 0 aliphatic heterocycles. The van der Waals surface area contributed by atoms with Gasteiger partial charge in [0.1, 0.15) is 23.4 Å². The van der Waals surface area contributed by atoms with Crippen molar-refractivity contribution in [1.29, 1.82) is 0 Å². The number of carbonyl (C=O) groups excluding carboxylic acids is 1. The Balaban J connectivity index is 2.42. The summed E-state index contributed by atoms with van der Waals surface area (Å²) in [5, 5.41) is 0. The highest BCUT2D eigenvalue weighted by molar-refractivity contribution is 5.80. The molecule has 2 aromatic carbocycles. The first-order valence-corrected chi connectivity index (χ1v) is 7.83. The molecule has 0 aromatic heterocycles. The van der Waals surface area contributed by atoms with Gasteiger partial charge in [0, 0.05) is 5.56 Å². The summed E-state index contributed by atoms with van der Waals surface area (Å²) in [7, 11) is 0. The first-order valence-electron chi connectivity index (χ1n) is 7.83. The molecule has 0 N–H and O–H groups in total. The third-order valence-corrected chi connectivity index (χ3v) is 3.03. The number of aldehydes is 1. The molecule has 0 aliphatic carbocycles. The van der Waals surface area contributed by atoms with Crippen molar-refractivity contribution in [2.75, 3.05) is 0 Å². The lowest BCUT2D eigenvalue weighted by atomic mass is 10.0. The van der Waals surface area contributed by atoms with Crippen LogP contribution in [0.2, 0.25) is 0 Å². The average molecular weight is 312 g/mol. The molecule has 0 aliphatic rings. The Labute approximate surface area is 138 Å². The van der Waals surface area contributed by atoms with Crippen molar-refractivity contribution < 1.29 is 14.3 Å². The third-order valence-electron chi connectivity index (χ3n) is 3.03. The quantitative estimate of drug-likeness (QED) is 0.718. The summed E-state index contributed by atoms with van der Waals surface area (Å²) in [5.74, 6) is 1.50. The second-order valence-corrected chi connectivity index (χ2v) is 6.82. The topological polar surface area (TPSA) is 35.5 Å². The van der Waals surface area contributed by atoms with Crippen LogP contribution in [0, 0.1) is 0 Å². The van der Waals surface area contributed by atoms with Crippen molar-refractivity contribution in [3.63, 3.8) is 0 Å². The van der Waals surface area contributed by atoms with Crippen molar-refractivity contribution in [3.05, 3.63) is 48.0 Å². The Hall–Kier alpha value is -2.29. The second kappa shape index (κ2) is 6.86. The maximum absolute atomic E-state index is 11.2. The van der Waals surface area contributed by atoms with Crippen LogP contribution in [0.25, 0.3) is 11.1 Å². The van der Waals surface area contributed by atoms with Gasteiger partial charge in [0.2, 0.25) is 0 Å². The van der Waals surface area contributed by atoms with Crippen LogP contribution in [0.5, 0.6) is 11.5 Å². The second-order valence-electron chi connectivity index (χ2n) is 6.82. The van der Waals surface area contributed by atoms with Crippen molar-refractivity contribution in [1.82, 2.24) is 0 Å². The minimum Gasteiger partial charge on any atom is -0.491 e. The SMILES string of the molecule is CC(C)Oc1cccc(-c2cc(C=O)cc(OC(C)(C)C)c2)c1. The first kappa shape index (κ1) is 17.1. The number of benzene rings is 2. The third kappa shape index (κ3) is 5.13. The highest BCUT2D eigenvalue weighted by atomic mass is 16.5. The molecule has 0 bridgehead atoms. The van der Waals surface area contributed by atoms with Crippen LogP contribution in [-0.4, -0.2) is 18.0 Å². The van der Waals surface area contributed by atoms with Gasteiger partial charge in [-0.3, -0.25) is 4.79 Å². The lowest BCUT2D eigenvalue weighted by Gasteiger charge is -2.22. The maximum Gasteiger partial charge on any atom is 0.150 e. The van der Waals surface area contributed by atoms with Gasteiger partial charge in [-0.1, -0.05) is 12.1 Å². The molecule has 0 unspecified atom stereocenters. The van der Waals surface area contributed by atoms with E-state index in [1.165, 1.54) is 0 Å². The Bertz CT molecular complexity index is 682. The fourth-order valence-electron chi connectivity index (χ4n) is 2.29. The molecule has 0 saturated heterocycles. The first-order chi connectivity index (χ1) is 10.8. The van der Waals surface area contributed by atoms with Crippen molar-refractivity contribution in [2.45, 2.75) is 46.3 Å². The fraction of sp³-hybridized carbons (Fsp3) is 0.350. The number of ether oxygens (including phenoxy) is 2. The molecule has 0 spiro atoms. The van der Waals surface area contributed by atoms with Gasteiger partial charge in [-0.2, -0.15) is 0 Å². The van der Waals surface area contributed by atoms with Crippen LogP contribution in [0.1, 0.15) is 45.0 Å². The standard InChI is InChI=1S/C20H24O3/c1-14(2)22-18-8-6-7-16(11-18)17-9-15(13-21)10-19(12-17)23-20(3,4)5/h6-14H,1-5H3. The van der Waals surface area contributed by atoms with Gasteiger partial charge in [0.05, 0.1) is 6.10 Å². The lowest BCUT2D eigenvalue weighted by Crippen LogP contribution is -2.23. The number of carbonyl (C=O) groups is 1. The molecule has 3 nitrogen and oxygen atoms in total. The van der Waals surface area contributed by atoms with Gasteiger partial charge in [0.25, 0.3) is 0 Å². The van der Waals surface area contributed by atoms with Gasteiger partial charge in [0.15, 0.2) is 0 Å². The number of hydrogen-bond acceptors (Lipinski definition) is 3. The number of rotatable bonds is 5. The molecular formula is C20H24O3. The summed E-state index contributed by atoms with van der Waals surface area (Å²) in [6, 6.07) is 13.4. The highest BCUT2D eigenvalue weighted by Crippen LogP contribution is 2.30. The van der Waals surface area contributed by atoms with Crippen molar-refractivity contribution >= 4 is 6.29 Å². The molecule has 0 radical (unpaired) electrons. The molecule has 2 rings (SSSR count). The lowest BCUT2D eigenvalue weighted by molar-refractivity contribution is 0.111. The predicted octanol–water partition coefficient (Wildman–Crippen LogP) is 5.13. The van der Waals surface area contributed by atoms with Gasteiger partial charge in [-0.05, 0) is 76.1 Å². The molecule has 0 heterocycles. The largest absolute Gasteiger partial charge is 0.491 e. The van der Waals surface area contributed by atoms with E-state index in [-0.39, 0.29) is 11.7 Å². The Morgan fingerprint density at radius 3 is 2.26 bits per heavy atom. The maximum atomic E-state index is 11.2. The van der Waals surface area contributed by atoms with Gasteiger partial charge in [-0.25, -0.2) is 0 Å². The Morgan fingerprint density at radius 2 is 1.65 bits per heavy atom. The summed E-state index contributed by atoms with van der Waals surface area (Å²) in [4.78, 5) is 11.2. The van der Waals surface area contributed by atoms with E-state index in [1.807, 2.05) is 71.0 Å². The zero-order valence-corrected chi connectivity index (χ0v) is 14.4. The highest BCUT2D eigenvalue weighted by Gasteiger charge is 2.13. The van der Waals surface area contributed by atoms with Crippen LogP contribution in [-0.2, 0) is 0 Å². The minimum atomic E-state index is -0.318. The summed E-state index contributed by atoms with van der Waals surface area (Å²) in [5.41, 5.74) is 2.20. The molecule has 0 amide bonds. The number of hydrogen-bond donors (Lipinski definition) is 0. The van der Waals surface area contributed by atoms with Crippen LogP contribution in [0.15, 0.2) is 42.5 Å². The van der Waals surface area contributed by atoms with E-state index in [4.69, 9.17) is 9.47 Å². The van der Waals surface area contributed by atoms with E-state index in [1.54, 1.807) is 6.07 Å². The van der Waals surface area contributed by atoms with Gasteiger partial charge >= 0.3 is 0 Å². The molecular weight excluding hydrogens is 288 g/mol. The summed E-state index contributed by atoms with van der Waals surface area (Å²) >= 11 is 0. The van der Waals surface area contributed by atoms with E-state index in [2.05, 4.69) is 0 Å². The van der Waals surface area contributed by atoms with Crippen LogP contribution in [0.4, 0.5) is 0 Å². The van der Waals surface area contributed by atoms with E-state index in [0.29, 0.717) is 11.3 Å². The molecule has 0 saturated carbocycles. The van der Waals surface area contributed by atoms with E-state index in [9.17, 15) is 4.79 Å². The molecule has 23 heavy (non-hydrogen) atoms. The Morgan fingerprint density at radius 1 is 0.957 bits per heavy atom. The summed E-state index contributed by atoms with van der Waals surface area (Å²) in [6.07, 6.45) is 0.958. The van der Waals surface area contributed by atoms with Crippen molar-refractivity contribution in [3.8, 4) is 22.6 Å². The van der Waals surface area contributed by atoms with Crippen LogP contribution >= 0.6 is 0 Å². The molecule has 0 fully saturated rings. The van der Waals surface area contributed by atoms with E-state index >= 15 is 0 Å². The van der Waals surface area contributed by atoms with Crippen LogP contribution < -0.4 is 9.47 Å². The normalized spacial score (nSPS) is 11.4. The molecule has 0 atom stereocenters. The van der Waals surface area contributed by atoms with Gasteiger partial charge in [-0.15, -0.1) is 0 Å². The van der Waals surface area contributed by atoms with Crippen LogP contribution in [0.3, 0.4) is 0 Å².